The van der Waals surface area contributed by atoms with Crippen LogP contribution in [-0.2, 0) is 9.59 Å². The molecule has 1 fully saturated rings. The van der Waals surface area contributed by atoms with Gasteiger partial charge in [0.1, 0.15) is 0 Å². The number of carbonyl (C=O) groups is 2. The normalized spacial score (nSPS) is 17.9. The quantitative estimate of drug-likeness (QED) is 0.457. The first-order valence-corrected chi connectivity index (χ1v) is 9.46. The average molecular weight is 397 g/mol. The summed E-state index contributed by atoms with van der Waals surface area (Å²) in [5.74, 6) is -1.48. The van der Waals surface area contributed by atoms with Gasteiger partial charge in [0, 0.05) is 43.1 Å². The van der Waals surface area contributed by atoms with Crippen LogP contribution in [0.3, 0.4) is 0 Å². The van der Waals surface area contributed by atoms with Crippen molar-refractivity contribution in [2.24, 2.45) is 10.4 Å². The number of allylic oxidation sites excluding steroid dienone is 2. The first-order chi connectivity index (χ1) is 13.8. The number of carboxylic acid groups (broad SMARTS) is 2. The number of rotatable bonds is 3. The number of hydrogen-bond acceptors (Lipinski definition) is 3. The molecule has 0 unspecified atom stereocenters. The largest absolute Gasteiger partial charge is 0.478 e. The van der Waals surface area contributed by atoms with E-state index in [0.717, 1.165) is 24.7 Å². The fraction of sp³-hybridized carbons (Fsp3) is 0.318. The molecule has 0 spiro atoms. The third-order valence-corrected chi connectivity index (χ3v) is 4.30. The van der Waals surface area contributed by atoms with Gasteiger partial charge in [-0.2, -0.15) is 0 Å². The van der Waals surface area contributed by atoms with E-state index in [1.165, 1.54) is 12.8 Å². The van der Waals surface area contributed by atoms with Crippen LogP contribution in [0.4, 0.5) is 5.69 Å². The molecule has 7 nitrogen and oxygen atoms in total. The smallest absolute Gasteiger partial charge is 0.328 e. The number of likely N-dealkylation sites (tertiary alicyclic amines) is 1. The number of aliphatic imine (C=N–C) groups is 1. The lowest BCUT2D eigenvalue weighted by Crippen LogP contribution is -2.38. The maximum Gasteiger partial charge on any atom is 0.328 e. The first kappa shape index (κ1) is 21.9. The molecule has 0 atom stereocenters. The van der Waals surface area contributed by atoms with Gasteiger partial charge in [-0.1, -0.05) is 44.2 Å². The fourth-order valence-corrected chi connectivity index (χ4v) is 2.75. The van der Waals surface area contributed by atoms with Crippen molar-refractivity contribution in [1.82, 2.24) is 9.80 Å². The highest BCUT2D eigenvalue weighted by molar-refractivity contribution is 5.89. The van der Waals surface area contributed by atoms with E-state index in [9.17, 15) is 9.59 Å². The Morgan fingerprint density at radius 1 is 0.966 bits per heavy atom. The standard InChI is InChI=1S/C18H23N3.C4H4O4/c1-18(2)10-14-21(15-11-18)17(20-12-6-7-13-20)19-16-8-4-3-5-9-16;5-3(6)1-2-4(7)8/h3-5,8-11,14-15H,6-7,12-13H2,1-2H3;1-2H,(H,5,6)(H,7,8)/b;2-1-. The second-order valence-corrected chi connectivity index (χ2v) is 7.31. The van der Waals surface area contributed by atoms with E-state index >= 15 is 0 Å². The summed E-state index contributed by atoms with van der Waals surface area (Å²) in [6.07, 6.45) is 12.3. The lowest BCUT2D eigenvalue weighted by Gasteiger charge is -2.31. The Balaban J connectivity index is 0.000000321. The molecule has 0 aromatic heterocycles. The SMILES string of the molecule is CC1(C)C=CN(C(=Nc2ccccc2)N2CCCC2)C=C1.O=C(O)/C=C\C(=O)O. The molecule has 29 heavy (non-hydrogen) atoms. The monoisotopic (exact) mass is 397 g/mol. The van der Waals surface area contributed by atoms with Gasteiger partial charge in [0.25, 0.3) is 0 Å². The molecule has 1 aromatic carbocycles. The molecule has 7 heteroatoms. The van der Waals surface area contributed by atoms with Crippen molar-refractivity contribution in [3.63, 3.8) is 0 Å². The molecular formula is C22H27N3O4. The van der Waals surface area contributed by atoms with Crippen LogP contribution >= 0.6 is 0 Å². The van der Waals surface area contributed by atoms with E-state index in [4.69, 9.17) is 15.2 Å². The zero-order valence-corrected chi connectivity index (χ0v) is 16.7. The van der Waals surface area contributed by atoms with Crippen LogP contribution < -0.4 is 0 Å². The second-order valence-electron chi connectivity index (χ2n) is 7.31. The molecule has 0 saturated carbocycles. The molecule has 1 aromatic rings. The van der Waals surface area contributed by atoms with Gasteiger partial charge < -0.3 is 15.1 Å². The van der Waals surface area contributed by atoms with Crippen LogP contribution in [0.1, 0.15) is 26.7 Å². The highest BCUT2D eigenvalue weighted by Gasteiger charge is 2.23. The predicted molar refractivity (Wildman–Crippen MR) is 113 cm³/mol. The lowest BCUT2D eigenvalue weighted by atomic mass is 9.92. The zero-order valence-electron chi connectivity index (χ0n) is 16.7. The third-order valence-electron chi connectivity index (χ3n) is 4.30. The molecule has 1 saturated heterocycles. The topological polar surface area (TPSA) is 93.4 Å². The Kier molecular flexibility index (Phi) is 7.77. The molecule has 154 valence electrons. The Labute approximate surface area is 171 Å². The molecule has 0 aliphatic carbocycles. The van der Waals surface area contributed by atoms with Crippen LogP contribution in [0.5, 0.6) is 0 Å². The van der Waals surface area contributed by atoms with Gasteiger partial charge in [-0.25, -0.2) is 14.6 Å². The molecule has 2 aliphatic heterocycles. The summed E-state index contributed by atoms with van der Waals surface area (Å²) in [6, 6.07) is 10.2. The summed E-state index contributed by atoms with van der Waals surface area (Å²) >= 11 is 0. The molecule has 0 radical (unpaired) electrons. The highest BCUT2D eigenvalue weighted by Crippen LogP contribution is 2.25. The molecule has 3 rings (SSSR count). The van der Waals surface area contributed by atoms with Gasteiger partial charge >= 0.3 is 11.9 Å². The number of benzene rings is 1. The summed E-state index contributed by atoms with van der Waals surface area (Å²) in [4.78, 5) is 28.5. The number of guanidine groups is 1. The molecular weight excluding hydrogens is 370 g/mol. The number of hydrogen-bond donors (Lipinski definition) is 2. The van der Waals surface area contributed by atoms with Crippen LogP contribution in [0, 0.1) is 5.41 Å². The van der Waals surface area contributed by atoms with E-state index in [0.29, 0.717) is 12.2 Å². The Bertz CT molecular complexity index is 788. The average Bonchev–Trinajstić information content (AvgIpc) is 3.21. The third kappa shape index (κ3) is 7.65. The minimum Gasteiger partial charge on any atom is -0.478 e. The maximum atomic E-state index is 9.55. The van der Waals surface area contributed by atoms with Crippen LogP contribution in [0.2, 0.25) is 0 Å². The predicted octanol–water partition coefficient (Wildman–Crippen LogP) is 3.85. The van der Waals surface area contributed by atoms with Crippen LogP contribution in [0.15, 0.2) is 72.0 Å². The van der Waals surface area contributed by atoms with Crippen molar-refractivity contribution in [2.75, 3.05) is 13.1 Å². The van der Waals surface area contributed by atoms with Gasteiger partial charge in [-0.3, -0.25) is 4.90 Å². The van der Waals surface area contributed by atoms with E-state index < -0.39 is 11.9 Å². The minimum absolute atomic E-state index is 0.124. The first-order valence-electron chi connectivity index (χ1n) is 9.46. The van der Waals surface area contributed by atoms with E-state index in [-0.39, 0.29) is 5.41 Å². The van der Waals surface area contributed by atoms with Crippen molar-refractivity contribution < 1.29 is 19.8 Å². The Hall–Kier alpha value is -3.35. The van der Waals surface area contributed by atoms with Crippen LogP contribution in [-0.4, -0.2) is 51.0 Å². The van der Waals surface area contributed by atoms with Crippen molar-refractivity contribution in [3.8, 4) is 0 Å². The fourth-order valence-electron chi connectivity index (χ4n) is 2.75. The van der Waals surface area contributed by atoms with E-state index in [1.807, 2.05) is 18.2 Å². The van der Waals surface area contributed by atoms with Crippen molar-refractivity contribution in [1.29, 1.82) is 0 Å². The minimum atomic E-state index is -1.26. The molecule has 2 N–H and O–H groups in total. The zero-order chi connectivity index (χ0) is 21.3. The number of para-hydroxylation sites is 1. The molecule has 2 aliphatic rings. The maximum absolute atomic E-state index is 9.55. The van der Waals surface area contributed by atoms with Crippen molar-refractivity contribution in [2.45, 2.75) is 26.7 Å². The lowest BCUT2D eigenvalue weighted by molar-refractivity contribution is -0.134. The molecule has 0 amide bonds. The van der Waals surface area contributed by atoms with Crippen molar-refractivity contribution in [3.05, 3.63) is 67.0 Å². The molecule has 2 heterocycles. The van der Waals surface area contributed by atoms with E-state index in [1.54, 1.807) is 0 Å². The summed E-state index contributed by atoms with van der Waals surface area (Å²) < 4.78 is 0. The highest BCUT2D eigenvalue weighted by atomic mass is 16.4. The number of aliphatic carboxylic acids is 2. The van der Waals surface area contributed by atoms with Gasteiger partial charge in [0.15, 0.2) is 0 Å². The van der Waals surface area contributed by atoms with Gasteiger partial charge in [0.05, 0.1) is 5.69 Å². The number of nitrogens with zero attached hydrogens (tertiary/aromatic N) is 3. The Morgan fingerprint density at radius 2 is 1.48 bits per heavy atom. The second kappa shape index (κ2) is 10.3. The van der Waals surface area contributed by atoms with Crippen molar-refractivity contribution >= 4 is 23.6 Å². The van der Waals surface area contributed by atoms with Gasteiger partial charge in [0.2, 0.25) is 5.96 Å². The molecule has 0 bridgehead atoms. The summed E-state index contributed by atoms with van der Waals surface area (Å²) in [5, 5.41) is 15.6. The summed E-state index contributed by atoms with van der Waals surface area (Å²) in [6.45, 7) is 6.60. The number of carboxylic acids is 2. The van der Waals surface area contributed by atoms with Crippen LogP contribution in [0.25, 0.3) is 0 Å². The summed E-state index contributed by atoms with van der Waals surface area (Å²) in [5.41, 5.74) is 1.13. The van der Waals surface area contributed by atoms with Gasteiger partial charge in [-0.15, -0.1) is 0 Å². The van der Waals surface area contributed by atoms with E-state index in [2.05, 4.69) is 60.3 Å². The summed E-state index contributed by atoms with van der Waals surface area (Å²) in [7, 11) is 0. The Morgan fingerprint density at radius 3 is 1.97 bits per heavy atom. The van der Waals surface area contributed by atoms with Gasteiger partial charge in [-0.05, 0) is 25.0 Å².